The van der Waals surface area contributed by atoms with E-state index in [9.17, 15) is 5.11 Å². The fourth-order valence-electron chi connectivity index (χ4n) is 3.92. The van der Waals surface area contributed by atoms with Crippen LogP contribution in [0.1, 0.15) is 35.4 Å². The van der Waals surface area contributed by atoms with E-state index in [-0.39, 0.29) is 0 Å². The Kier molecular flexibility index (Phi) is 2.71. The Morgan fingerprint density at radius 2 is 1.60 bits per heavy atom. The molecule has 2 aromatic carbocycles. The third-order valence-corrected chi connectivity index (χ3v) is 5.15. The maximum absolute atomic E-state index is 11.1. The number of aliphatic hydroxyl groups is 1. The lowest BCUT2D eigenvalue weighted by Gasteiger charge is -2.34. The van der Waals surface area contributed by atoms with Gasteiger partial charge in [-0.05, 0) is 47.8 Å². The van der Waals surface area contributed by atoms with Crippen molar-refractivity contribution in [3.63, 3.8) is 0 Å². The summed E-state index contributed by atoms with van der Waals surface area (Å²) in [4.78, 5) is 0. The second-order valence-corrected chi connectivity index (χ2v) is 6.41. The summed E-state index contributed by atoms with van der Waals surface area (Å²) in [7, 11) is 0. The smallest absolute Gasteiger partial charge is 0.0725 e. The second-order valence-electron chi connectivity index (χ2n) is 6.41. The van der Waals surface area contributed by atoms with Gasteiger partial charge in [0.15, 0.2) is 0 Å². The average molecular weight is 264 g/mol. The number of aryl methyl sites for hydroxylation is 1. The van der Waals surface area contributed by atoms with Gasteiger partial charge < -0.3 is 5.11 Å². The van der Waals surface area contributed by atoms with Crippen LogP contribution in [0.4, 0.5) is 0 Å². The number of hydrogen-bond acceptors (Lipinski definition) is 1. The van der Waals surface area contributed by atoms with E-state index in [1.165, 1.54) is 16.7 Å². The van der Waals surface area contributed by atoms with E-state index < -0.39 is 5.60 Å². The van der Waals surface area contributed by atoms with Crippen molar-refractivity contribution in [3.8, 4) is 0 Å². The molecule has 0 saturated heterocycles. The predicted octanol–water partition coefficient (Wildman–Crippen LogP) is 3.71. The lowest BCUT2D eigenvalue weighted by molar-refractivity contribution is 0.00234. The lowest BCUT2D eigenvalue weighted by atomic mass is 9.77. The van der Waals surface area contributed by atoms with Crippen molar-refractivity contribution in [2.24, 2.45) is 5.92 Å². The summed E-state index contributed by atoms with van der Waals surface area (Å²) < 4.78 is 0. The zero-order valence-corrected chi connectivity index (χ0v) is 11.6. The minimum absolute atomic E-state index is 0.443. The van der Waals surface area contributed by atoms with Gasteiger partial charge in [-0.25, -0.2) is 0 Å². The molecule has 3 unspecified atom stereocenters. The third-order valence-electron chi connectivity index (χ3n) is 5.15. The summed E-state index contributed by atoms with van der Waals surface area (Å²) in [6.45, 7) is 0. The number of benzene rings is 2. The Morgan fingerprint density at radius 1 is 0.900 bits per heavy atom. The van der Waals surface area contributed by atoms with Crippen LogP contribution in [0.15, 0.2) is 54.6 Å². The Hall–Kier alpha value is -1.60. The molecule has 0 heterocycles. The van der Waals surface area contributed by atoms with Crippen molar-refractivity contribution in [2.45, 2.75) is 37.2 Å². The Labute approximate surface area is 120 Å². The Morgan fingerprint density at radius 3 is 2.40 bits per heavy atom. The molecular formula is C19H20O. The molecule has 2 aromatic rings. The van der Waals surface area contributed by atoms with Crippen molar-refractivity contribution < 1.29 is 5.11 Å². The Balaban J connectivity index is 1.56. The monoisotopic (exact) mass is 264 g/mol. The molecule has 0 bridgehead atoms. The van der Waals surface area contributed by atoms with E-state index in [1.54, 1.807) is 0 Å². The average Bonchev–Trinajstić information content (AvgIpc) is 3.29. The molecule has 1 fully saturated rings. The van der Waals surface area contributed by atoms with Gasteiger partial charge in [0, 0.05) is 6.42 Å². The molecule has 1 saturated carbocycles. The summed E-state index contributed by atoms with van der Waals surface area (Å²) in [5.41, 5.74) is 3.67. The highest BCUT2D eigenvalue weighted by Gasteiger charge is 2.52. The summed E-state index contributed by atoms with van der Waals surface area (Å²) >= 11 is 0. The molecule has 2 aliphatic carbocycles. The molecule has 1 heteroatoms. The van der Waals surface area contributed by atoms with E-state index in [4.69, 9.17) is 0 Å². The quantitative estimate of drug-likeness (QED) is 0.876. The number of fused-ring (bicyclic) bond motifs is 1. The third kappa shape index (κ3) is 1.97. The number of hydrogen-bond donors (Lipinski definition) is 1. The van der Waals surface area contributed by atoms with Gasteiger partial charge in [-0.1, -0.05) is 54.6 Å². The van der Waals surface area contributed by atoms with Crippen molar-refractivity contribution >= 4 is 0 Å². The lowest BCUT2D eigenvalue weighted by Crippen LogP contribution is -2.38. The summed E-state index contributed by atoms with van der Waals surface area (Å²) in [6, 6.07) is 19.2. The standard InChI is InChI=1S/C19H20O/c20-19(11-10-14-6-4-5-9-16(14)13-19)18-12-17(18)15-7-2-1-3-8-15/h1-9,17-18,20H,10-13H2. The topological polar surface area (TPSA) is 20.2 Å². The van der Waals surface area contributed by atoms with E-state index in [1.807, 2.05) is 0 Å². The van der Waals surface area contributed by atoms with Crippen LogP contribution in [0.3, 0.4) is 0 Å². The molecule has 4 rings (SSSR count). The highest BCUT2D eigenvalue weighted by molar-refractivity contribution is 5.35. The molecule has 102 valence electrons. The second kappa shape index (κ2) is 4.46. The molecule has 1 N–H and O–H groups in total. The molecule has 20 heavy (non-hydrogen) atoms. The van der Waals surface area contributed by atoms with Crippen molar-refractivity contribution in [1.82, 2.24) is 0 Å². The SMILES string of the molecule is OC1(C2CC2c2ccccc2)CCc2ccccc2C1. The predicted molar refractivity (Wildman–Crippen MR) is 80.7 cm³/mol. The van der Waals surface area contributed by atoms with Gasteiger partial charge in [-0.15, -0.1) is 0 Å². The maximum atomic E-state index is 11.1. The highest BCUT2D eigenvalue weighted by Crippen LogP contribution is 2.56. The van der Waals surface area contributed by atoms with Crippen LogP contribution in [0.2, 0.25) is 0 Å². The molecule has 1 nitrogen and oxygen atoms in total. The first-order chi connectivity index (χ1) is 9.76. The van der Waals surface area contributed by atoms with Gasteiger partial charge >= 0.3 is 0 Å². The van der Waals surface area contributed by atoms with E-state index >= 15 is 0 Å². The normalized spacial score (nSPS) is 31.6. The van der Waals surface area contributed by atoms with Gasteiger partial charge in [-0.2, -0.15) is 0 Å². The molecule has 2 aliphatic rings. The van der Waals surface area contributed by atoms with Gasteiger partial charge in [0.25, 0.3) is 0 Å². The fourth-order valence-corrected chi connectivity index (χ4v) is 3.92. The Bertz CT molecular complexity index is 619. The van der Waals surface area contributed by atoms with Crippen molar-refractivity contribution in [2.75, 3.05) is 0 Å². The van der Waals surface area contributed by atoms with Crippen LogP contribution in [0, 0.1) is 5.92 Å². The van der Waals surface area contributed by atoms with E-state index in [0.717, 1.165) is 25.7 Å². The summed E-state index contributed by atoms with van der Waals surface area (Å²) in [6.07, 6.45) is 3.91. The highest BCUT2D eigenvalue weighted by atomic mass is 16.3. The van der Waals surface area contributed by atoms with Crippen molar-refractivity contribution in [1.29, 1.82) is 0 Å². The zero-order valence-electron chi connectivity index (χ0n) is 11.6. The zero-order chi connectivity index (χ0) is 13.6. The van der Waals surface area contributed by atoms with Gasteiger partial charge in [0.2, 0.25) is 0 Å². The number of rotatable bonds is 2. The largest absolute Gasteiger partial charge is 0.389 e. The van der Waals surface area contributed by atoms with Gasteiger partial charge in [-0.3, -0.25) is 0 Å². The first kappa shape index (κ1) is 12.2. The van der Waals surface area contributed by atoms with Crippen LogP contribution >= 0.6 is 0 Å². The summed E-state index contributed by atoms with van der Waals surface area (Å²) in [5, 5.41) is 11.1. The fraction of sp³-hybridized carbons (Fsp3) is 0.368. The first-order valence-corrected chi connectivity index (χ1v) is 7.60. The van der Waals surface area contributed by atoms with Crippen LogP contribution in [-0.2, 0) is 12.8 Å². The molecule has 0 aromatic heterocycles. The minimum atomic E-state index is -0.491. The van der Waals surface area contributed by atoms with Crippen LogP contribution in [0.5, 0.6) is 0 Å². The molecule has 0 radical (unpaired) electrons. The molecule has 3 atom stereocenters. The van der Waals surface area contributed by atoms with Crippen LogP contribution in [-0.4, -0.2) is 10.7 Å². The van der Waals surface area contributed by atoms with Gasteiger partial charge in [0.05, 0.1) is 5.60 Å². The van der Waals surface area contributed by atoms with Crippen LogP contribution in [0.25, 0.3) is 0 Å². The molecule has 0 spiro atoms. The molecule has 0 aliphatic heterocycles. The van der Waals surface area contributed by atoms with E-state index in [2.05, 4.69) is 54.6 Å². The van der Waals surface area contributed by atoms with Gasteiger partial charge in [0.1, 0.15) is 0 Å². The summed E-state index contributed by atoms with van der Waals surface area (Å²) in [5.74, 6) is 1.00. The minimum Gasteiger partial charge on any atom is -0.389 e. The van der Waals surface area contributed by atoms with Crippen molar-refractivity contribution in [3.05, 3.63) is 71.3 Å². The molecule has 0 amide bonds. The maximum Gasteiger partial charge on any atom is 0.0725 e. The first-order valence-electron chi connectivity index (χ1n) is 7.60. The van der Waals surface area contributed by atoms with Crippen LogP contribution < -0.4 is 0 Å². The van der Waals surface area contributed by atoms with E-state index in [0.29, 0.717) is 11.8 Å². The molecular weight excluding hydrogens is 244 g/mol.